The van der Waals surface area contributed by atoms with Crippen LogP contribution >= 0.6 is 0 Å². The van der Waals surface area contributed by atoms with Crippen LogP contribution in [0.25, 0.3) is 6.08 Å². The highest BCUT2D eigenvalue weighted by Crippen LogP contribution is 2.23. The molecule has 0 radical (unpaired) electrons. The van der Waals surface area contributed by atoms with E-state index in [4.69, 9.17) is 0 Å². The number of rotatable bonds is 7. The number of anilines is 1. The van der Waals surface area contributed by atoms with Crippen LogP contribution in [-0.4, -0.2) is 47.1 Å². The van der Waals surface area contributed by atoms with E-state index in [2.05, 4.69) is 10.3 Å². The number of sulfonamides is 1. The molecule has 1 amide bonds. The van der Waals surface area contributed by atoms with Gasteiger partial charge < -0.3 is 9.88 Å². The molecule has 176 valence electrons. The number of aryl methyl sites for hydroxylation is 1. The average molecular weight is 479 g/mol. The van der Waals surface area contributed by atoms with E-state index in [0.717, 1.165) is 5.56 Å². The molecule has 2 aromatic carbocycles. The monoisotopic (exact) mass is 478 g/mol. The van der Waals surface area contributed by atoms with Gasteiger partial charge in [0.1, 0.15) is 0 Å². The molecule has 1 fully saturated rings. The molecular formula is C25H26N4O4S. The maximum atomic E-state index is 12.7. The Morgan fingerprint density at radius 3 is 2.32 bits per heavy atom. The fourth-order valence-corrected chi connectivity index (χ4v) is 5.07. The number of imidazole rings is 1. The summed E-state index contributed by atoms with van der Waals surface area (Å²) in [5.41, 5.74) is 1.88. The molecule has 0 saturated carbocycles. The summed E-state index contributed by atoms with van der Waals surface area (Å²) in [5.74, 6) is -0.282. The number of carbonyl (C=O) groups excluding carboxylic acids is 2. The minimum absolute atomic E-state index is 0.153. The maximum Gasteiger partial charge on any atom is 0.236 e. The number of aromatic nitrogens is 2. The molecule has 0 spiro atoms. The zero-order valence-electron chi connectivity index (χ0n) is 18.8. The highest BCUT2D eigenvalue weighted by atomic mass is 32.2. The Kier molecular flexibility index (Phi) is 7.04. The maximum absolute atomic E-state index is 12.7. The number of nitrogens with one attached hydrogen (secondary N) is 1. The predicted molar refractivity (Wildman–Crippen MR) is 130 cm³/mol. The van der Waals surface area contributed by atoms with Gasteiger partial charge in [-0.1, -0.05) is 30.3 Å². The number of piperidine rings is 1. The van der Waals surface area contributed by atoms with E-state index in [1.54, 1.807) is 54.3 Å². The topological polar surface area (TPSA) is 101 Å². The summed E-state index contributed by atoms with van der Waals surface area (Å²) in [7, 11) is -1.79. The van der Waals surface area contributed by atoms with Gasteiger partial charge in [-0.2, -0.15) is 4.31 Å². The van der Waals surface area contributed by atoms with Crippen LogP contribution in [0.3, 0.4) is 0 Å². The van der Waals surface area contributed by atoms with Crippen LogP contribution < -0.4 is 5.32 Å². The third-order valence-corrected chi connectivity index (χ3v) is 7.42. The fraction of sp³-hybridized carbons (Fsp3) is 0.240. The Labute approximate surface area is 199 Å². The summed E-state index contributed by atoms with van der Waals surface area (Å²) in [6.07, 6.45) is 5.74. The highest BCUT2D eigenvalue weighted by molar-refractivity contribution is 7.92. The second kappa shape index (κ2) is 10.1. The van der Waals surface area contributed by atoms with Crippen LogP contribution in [0.4, 0.5) is 5.69 Å². The van der Waals surface area contributed by atoms with Crippen LogP contribution in [0.2, 0.25) is 0 Å². The number of ketones is 1. The van der Waals surface area contributed by atoms with Gasteiger partial charge in [0.2, 0.25) is 21.7 Å². The van der Waals surface area contributed by atoms with Gasteiger partial charge >= 0.3 is 0 Å². The standard InChI is InChI=1S/C25H26N4O4S/c1-28-17-14-26-24(28)23(30)20-7-9-22(10-8-20)27-25(31)21-11-15-29(16-12-21)34(32,33)18-13-19-5-3-2-4-6-19/h2-10,13-14,17-18,21H,11-12,15-16H2,1H3,(H,27,31). The number of carbonyl (C=O) groups is 2. The van der Waals surface area contributed by atoms with Gasteiger partial charge in [0.15, 0.2) is 5.82 Å². The molecule has 34 heavy (non-hydrogen) atoms. The molecule has 4 rings (SSSR count). The van der Waals surface area contributed by atoms with Crippen molar-refractivity contribution >= 4 is 33.5 Å². The van der Waals surface area contributed by atoms with Gasteiger partial charge in [0.05, 0.1) is 0 Å². The molecule has 0 aliphatic carbocycles. The van der Waals surface area contributed by atoms with Crippen molar-refractivity contribution < 1.29 is 18.0 Å². The number of amides is 1. The van der Waals surface area contributed by atoms with Crippen LogP contribution in [0.15, 0.2) is 72.4 Å². The van der Waals surface area contributed by atoms with Crippen molar-refractivity contribution in [3.63, 3.8) is 0 Å². The molecule has 2 heterocycles. The number of hydrogen-bond acceptors (Lipinski definition) is 5. The van der Waals surface area contributed by atoms with Crippen LogP contribution in [-0.2, 0) is 21.9 Å². The molecule has 1 aliphatic rings. The molecule has 1 aromatic heterocycles. The summed E-state index contributed by atoms with van der Waals surface area (Å²) < 4.78 is 28.3. The molecule has 0 atom stereocenters. The molecule has 8 nitrogen and oxygen atoms in total. The van der Waals surface area contributed by atoms with Gasteiger partial charge in [-0.15, -0.1) is 0 Å². The summed E-state index contributed by atoms with van der Waals surface area (Å²) in [5, 5.41) is 4.09. The van der Waals surface area contributed by atoms with Crippen molar-refractivity contribution in [2.75, 3.05) is 18.4 Å². The SMILES string of the molecule is Cn1ccnc1C(=O)c1ccc(NC(=O)C2CCN(S(=O)(=O)C=Cc3ccccc3)CC2)cc1. The second-order valence-corrected chi connectivity index (χ2v) is 10.0. The van der Waals surface area contributed by atoms with Gasteiger partial charge in [0.25, 0.3) is 0 Å². The largest absolute Gasteiger partial charge is 0.331 e. The van der Waals surface area contributed by atoms with Gasteiger partial charge in [0, 0.05) is 55.1 Å². The lowest BCUT2D eigenvalue weighted by molar-refractivity contribution is -0.120. The smallest absolute Gasteiger partial charge is 0.236 e. The molecule has 1 saturated heterocycles. The molecule has 0 bridgehead atoms. The minimum atomic E-state index is -3.54. The number of hydrogen-bond donors (Lipinski definition) is 1. The van der Waals surface area contributed by atoms with Crippen molar-refractivity contribution in [3.05, 3.63) is 89.4 Å². The van der Waals surface area contributed by atoms with E-state index in [-0.39, 0.29) is 30.7 Å². The Hall–Kier alpha value is -3.56. The lowest BCUT2D eigenvalue weighted by Crippen LogP contribution is -2.40. The number of benzene rings is 2. The Balaban J connectivity index is 1.31. The zero-order valence-corrected chi connectivity index (χ0v) is 19.6. The molecule has 0 unspecified atom stereocenters. The average Bonchev–Trinajstić information content (AvgIpc) is 3.29. The minimum Gasteiger partial charge on any atom is -0.331 e. The first-order valence-corrected chi connectivity index (χ1v) is 12.5. The van der Waals surface area contributed by atoms with Gasteiger partial charge in [-0.25, -0.2) is 13.4 Å². The van der Waals surface area contributed by atoms with Gasteiger partial charge in [-0.3, -0.25) is 9.59 Å². The molecular weight excluding hydrogens is 452 g/mol. The summed E-state index contributed by atoms with van der Waals surface area (Å²) >= 11 is 0. The lowest BCUT2D eigenvalue weighted by Gasteiger charge is -2.29. The first-order valence-electron chi connectivity index (χ1n) is 11.0. The van der Waals surface area contributed by atoms with E-state index in [1.807, 2.05) is 30.3 Å². The van der Waals surface area contributed by atoms with Gasteiger partial charge in [-0.05, 0) is 48.7 Å². The Morgan fingerprint density at radius 2 is 1.71 bits per heavy atom. The van der Waals surface area contributed by atoms with E-state index >= 15 is 0 Å². The summed E-state index contributed by atoms with van der Waals surface area (Å²) in [4.78, 5) is 29.3. The zero-order chi connectivity index (χ0) is 24.1. The van der Waals surface area contributed by atoms with Crippen molar-refractivity contribution in [3.8, 4) is 0 Å². The second-order valence-electron chi connectivity index (χ2n) is 8.19. The Bertz CT molecular complexity index is 1290. The normalized spacial score (nSPS) is 15.4. The molecule has 1 N–H and O–H groups in total. The molecule has 1 aliphatic heterocycles. The lowest BCUT2D eigenvalue weighted by atomic mass is 9.97. The van der Waals surface area contributed by atoms with Crippen LogP contribution in [0.5, 0.6) is 0 Å². The summed E-state index contributed by atoms with van der Waals surface area (Å²) in [6, 6.07) is 15.9. The van der Waals surface area contributed by atoms with Crippen molar-refractivity contribution in [2.45, 2.75) is 12.8 Å². The van der Waals surface area contributed by atoms with E-state index in [0.29, 0.717) is 29.9 Å². The third-order valence-electron chi connectivity index (χ3n) is 5.86. The molecule has 9 heteroatoms. The summed E-state index contributed by atoms with van der Waals surface area (Å²) in [6.45, 7) is 0.577. The van der Waals surface area contributed by atoms with E-state index in [9.17, 15) is 18.0 Å². The predicted octanol–water partition coefficient (Wildman–Crippen LogP) is 3.30. The highest BCUT2D eigenvalue weighted by Gasteiger charge is 2.30. The van der Waals surface area contributed by atoms with Crippen LogP contribution in [0.1, 0.15) is 34.6 Å². The quantitative estimate of drug-likeness (QED) is 0.525. The third kappa shape index (κ3) is 5.49. The fourth-order valence-electron chi connectivity index (χ4n) is 3.85. The number of nitrogens with zero attached hydrogens (tertiary/aromatic N) is 3. The van der Waals surface area contributed by atoms with E-state index in [1.165, 1.54) is 9.71 Å². The van der Waals surface area contributed by atoms with Crippen LogP contribution in [0, 0.1) is 5.92 Å². The van der Waals surface area contributed by atoms with Crippen molar-refractivity contribution in [1.29, 1.82) is 0 Å². The first-order chi connectivity index (χ1) is 16.3. The molecule has 3 aromatic rings. The first kappa shape index (κ1) is 23.6. The van der Waals surface area contributed by atoms with Crippen molar-refractivity contribution in [1.82, 2.24) is 13.9 Å². The Morgan fingerprint density at radius 1 is 1.03 bits per heavy atom. The van der Waals surface area contributed by atoms with Crippen molar-refractivity contribution in [2.24, 2.45) is 13.0 Å². The van der Waals surface area contributed by atoms with E-state index < -0.39 is 10.0 Å².